The minimum absolute atomic E-state index is 0.111. The molecular formula is C23H24N4O4. The zero-order valence-electron chi connectivity index (χ0n) is 17.5. The second-order valence-electron chi connectivity index (χ2n) is 7.24. The molecule has 4 rings (SSSR count). The number of hydrogen-bond donors (Lipinski definition) is 2. The van der Waals surface area contributed by atoms with E-state index in [1.54, 1.807) is 49.5 Å². The smallest absolute Gasteiger partial charge is 0.273 e. The summed E-state index contributed by atoms with van der Waals surface area (Å²) in [6.45, 7) is 0.697. The highest BCUT2D eigenvalue weighted by molar-refractivity contribution is 6.04. The highest BCUT2D eigenvalue weighted by Crippen LogP contribution is 2.32. The lowest BCUT2D eigenvalue weighted by Gasteiger charge is -2.27. The molecule has 1 saturated heterocycles. The molecule has 0 unspecified atom stereocenters. The molecule has 2 aromatic carbocycles. The first-order valence-corrected chi connectivity index (χ1v) is 10.1. The quantitative estimate of drug-likeness (QED) is 0.631. The van der Waals surface area contributed by atoms with Gasteiger partial charge in [-0.3, -0.25) is 14.7 Å². The molecule has 2 N–H and O–H groups in total. The number of nitrogens with one attached hydrogen (secondary N) is 2. The summed E-state index contributed by atoms with van der Waals surface area (Å²) in [6.07, 6.45) is 2.46. The molecule has 0 spiro atoms. The number of amides is 2. The minimum atomic E-state index is -0.331. The minimum Gasteiger partial charge on any atom is -0.497 e. The van der Waals surface area contributed by atoms with Crippen LogP contribution in [-0.2, 0) is 4.79 Å². The number of methoxy groups -OCH3 is 2. The maximum absolute atomic E-state index is 12.8. The monoisotopic (exact) mass is 420 g/mol. The molecule has 160 valence electrons. The van der Waals surface area contributed by atoms with Gasteiger partial charge in [-0.1, -0.05) is 6.07 Å². The van der Waals surface area contributed by atoms with Gasteiger partial charge in [-0.25, -0.2) is 0 Å². The number of anilines is 2. The summed E-state index contributed by atoms with van der Waals surface area (Å²) in [5, 5.41) is 9.90. The van der Waals surface area contributed by atoms with Crippen LogP contribution in [0, 0.1) is 0 Å². The Morgan fingerprint density at radius 3 is 2.74 bits per heavy atom. The summed E-state index contributed by atoms with van der Waals surface area (Å²) in [4.78, 5) is 26.7. The van der Waals surface area contributed by atoms with Crippen LogP contribution in [0.25, 0.3) is 11.3 Å². The number of nitrogens with zero attached hydrogens (tertiary/aromatic N) is 2. The SMILES string of the molecule is COc1ccc(OC)c(-c2cc(C(=O)Nc3cccc(N4CCCCC4=O)c3)[nH]n2)c1. The number of H-pyrrole nitrogens is 1. The van der Waals surface area contributed by atoms with Crippen LogP contribution in [0.5, 0.6) is 11.5 Å². The van der Waals surface area contributed by atoms with E-state index in [-0.39, 0.29) is 11.8 Å². The van der Waals surface area contributed by atoms with E-state index in [2.05, 4.69) is 15.5 Å². The Kier molecular flexibility index (Phi) is 5.88. The number of carbonyl (C=O) groups excluding carboxylic acids is 2. The van der Waals surface area contributed by atoms with E-state index >= 15 is 0 Å². The number of piperidine rings is 1. The van der Waals surface area contributed by atoms with Crippen LogP contribution in [0.1, 0.15) is 29.8 Å². The van der Waals surface area contributed by atoms with Crippen LogP contribution in [0.15, 0.2) is 48.5 Å². The lowest BCUT2D eigenvalue weighted by atomic mass is 10.1. The van der Waals surface area contributed by atoms with Crippen molar-refractivity contribution < 1.29 is 19.1 Å². The van der Waals surface area contributed by atoms with Crippen LogP contribution in [-0.4, -0.2) is 42.8 Å². The van der Waals surface area contributed by atoms with Gasteiger partial charge in [0, 0.05) is 29.9 Å². The van der Waals surface area contributed by atoms with Crippen LogP contribution >= 0.6 is 0 Å². The molecule has 31 heavy (non-hydrogen) atoms. The lowest BCUT2D eigenvalue weighted by molar-refractivity contribution is -0.119. The third kappa shape index (κ3) is 4.37. The summed E-state index contributed by atoms with van der Waals surface area (Å²) in [5.74, 6) is 1.06. The van der Waals surface area contributed by atoms with Gasteiger partial charge in [0.2, 0.25) is 5.91 Å². The standard InChI is InChI=1S/C23H24N4O4/c1-30-17-9-10-21(31-2)18(13-17)19-14-20(26-25-19)23(29)24-15-6-5-7-16(12-15)27-11-4-3-8-22(27)28/h5-7,9-10,12-14H,3-4,8,11H2,1-2H3,(H,24,29)(H,25,26). The van der Waals surface area contributed by atoms with Crippen molar-refractivity contribution >= 4 is 23.2 Å². The number of ether oxygens (including phenoxy) is 2. The van der Waals surface area contributed by atoms with Gasteiger partial charge >= 0.3 is 0 Å². The summed E-state index contributed by atoms with van der Waals surface area (Å²) in [7, 11) is 3.16. The molecule has 1 aliphatic rings. The second kappa shape index (κ2) is 8.91. The van der Waals surface area contributed by atoms with E-state index in [0.717, 1.165) is 18.5 Å². The van der Waals surface area contributed by atoms with E-state index in [1.807, 2.05) is 18.2 Å². The Balaban J connectivity index is 1.53. The van der Waals surface area contributed by atoms with Gasteiger partial charge in [0.15, 0.2) is 0 Å². The molecule has 2 amide bonds. The van der Waals surface area contributed by atoms with Crippen molar-refractivity contribution in [1.82, 2.24) is 10.2 Å². The van der Waals surface area contributed by atoms with Crippen molar-refractivity contribution in [2.75, 3.05) is 31.0 Å². The van der Waals surface area contributed by atoms with Gasteiger partial charge in [0.25, 0.3) is 5.91 Å². The summed E-state index contributed by atoms with van der Waals surface area (Å²) >= 11 is 0. The van der Waals surface area contributed by atoms with Crippen molar-refractivity contribution in [2.45, 2.75) is 19.3 Å². The Morgan fingerprint density at radius 1 is 1.10 bits per heavy atom. The fourth-order valence-corrected chi connectivity index (χ4v) is 3.62. The van der Waals surface area contributed by atoms with Crippen molar-refractivity contribution in [3.8, 4) is 22.8 Å². The number of rotatable bonds is 6. The zero-order chi connectivity index (χ0) is 21.8. The molecule has 1 fully saturated rings. The second-order valence-corrected chi connectivity index (χ2v) is 7.24. The zero-order valence-corrected chi connectivity index (χ0v) is 17.5. The van der Waals surface area contributed by atoms with E-state index in [1.165, 1.54) is 0 Å². The number of aromatic amines is 1. The molecule has 2 heterocycles. The molecule has 0 aliphatic carbocycles. The number of aromatic nitrogens is 2. The number of benzene rings is 2. The highest BCUT2D eigenvalue weighted by atomic mass is 16.5. The van der Waals surface area contributed by atoms with Gasteiger partial charge in [-0.15, -0.1) is 0 Å². The number of carbonyl (C=O) groups is 2. The van der Waals surface area contributed by atoms with Gasteiger partial charge < -0.3 is 19.7 Å². The lowest BCUT2D eigenvalue weighted by Crippen LogP contribution is -2.35. The maximum atomic E-state index is 12.8. The van der Waals surface area contributed by atoms with Crippen LogP contribution in [0.4, 0.5) is 11.4 Å². The van der Waals surface area contributed by atoms with Gasteiger partial charge in [0.1, 0.15) is 17.2 Å². The predicted molar refractivity (Wildman–Crippen MR) is 118 cm³/mol. The van der Waals surface area contributed by atoms with Crippen LogP contribution < -0.4 is 19.7 Å². The van der Waals surface area contributed by atoms with E-state index in [0.29, 0.717) is 47.1 Å². The van der Waals surface area contributed by atoms with Crippen LogP contribution in [0.2, 0.25) is 0 Å². The fraction of sp³-hybridized carbons (Fsp3) is 0.261. The first-order valence-electron chi connectivity index (χ1n) is 10.1. The van der Waals surface area contributed by atoms with Crippen molar-refractivity contribution in [1.29, 1.82) is 0 Å². The van der Waals surface area contributed by atoms with Gasteiger partial charge in [-0.05, 0) is 55.3 Å². The Bertz CT molecular complexity index is 1110. The predicted octanol–water partition coefficient (Wildman–Crippen LogP) is 3.86. The number of hydrogen-bond acceptors (Lipinski definition) is 5. The van der Waals surface area contributed by atoms with Crippen LogP contribution in [0.3, 0.4) is 0 Å². The van der Waals surface area contributed by atoms with E-state index in [4.69, 9.17) is 9.47 Å². The fourth-order valence-electron chi connectivity index (χ4n) is 3.62. The Morgan fingerprint density at radius 2 is 1.97 bits per heavy atom. The molecular weight excluding hydrogens is 396 g/mol. The molecule has 0 radical (unpaired) electrons. The van der Waals surface area contributed by atoms with Gasteiger partial charge in [-0.2, -0.15) is 5.10 Å². The maximum Gasteiger partial charge on any atom is 0.273 e. The van der Waals surface area contributed by atoms with Crippen molar-refractivity contribution in [3.05, 3.63) is 54.2 Å². The third-order valence-electron chi connectivity index (χ3n) is 5.24. The molecule has 0 saturated carbocycles. The summed E-state index contributed by atoms with van der Waals surface area (Å²) in [5.41, 5.74) is 2.97. The third-order valence-corrected chi connectivity index (χ3v) is 5.24. The summed E-state index contributed by atoms with van der Waals surface area (Å²) in [6, 6.07) is 14.3. The molecule has 8 nitrogen and oxygen atoms in total. The summed E-state index contributed by atoms with van der Waals surface area (Å²) < 4.78 is 10.7. The van der Waals surface area contributed by atoms with E-state index < -0.39 is 0 Å². The largest absolute Gasteiger partial charge is 0.497 e. The molecule has 8 heteroatoms. The average Bonchev–Trinajstić information content (AvgIpc) is 3.29. The Labute approximate surface area is 180 Å². The molecule has 0 bridgehead atoms. The van der Waals surface area contributed by atoms with Crippen molar-refractivity contribution in [3.63, 3.8) is 0 Å². The highest BCUT2D eigenvalue weighted by Gasteiger charge is 2.20. The molecule has 1 aliphatic heterocycles. The van der Waals surface area contributed by atoms with Gasteiger partial charge in [0.05, 0.1) is 19.9 Å². The normalized spacial score (nSPS) is 13.7. The average molecular weight is 420 g/mol. The molecule has 1 aromatic heterocycles. The molecule has 0 atom stereocenters. The topological polar surface area (TPSA) is 96.5 Å². The Hall–Kier alpha value is -3.81. The van der Waals surface area contributed by atoms with Crippen molar-refractivity contribution in [2.24, 2.45) is 0 Å². The first-order chi connectivity index (χ1) is 15.1. The first kappa shape index (κ1) is 20.5. The van der Waals surface area contributed by atoms with E-state index in [9.17, 15) is 9.59 Å². The molecule has 3 aromatic rings.